The van der Waals surface area contributed by atoms with E-state index in [1.165, 1.54) is 4.90 Å². The molecule has 0 bridgehead atoms. The highest BCUT2D eigenvalue weighted by Crippen LogP contribution is 2.22. The first-order valence-corrected chi connectivity index (χ1v) is 20.5. The zero-order chi connectivity index (χ0) is 43.6. The highest BCUT2D eigenvalue weighted by atomic mass is 16.4. The van der Waals surface area contributed by atoms with Crippen LogP contribution in [-0.2, 0) is 38.4 Å². The molecule has 0 aromatic heterocycles. The van der Waals surface area contributed by atoms with Gasteiger partial charge in [-0.15, -0.1) is 0 Å². The number of hydrogen-bond donors (Lipinski definition) is 9. The minimum atomic E-state index is -1.18. The van der Waals surface area contributed by atoms with Crippen molar-refractivity contribution in [2.24, 2.45) is 23.7 Å². The highest BCUT2D eigenvalue weighted by Gasteiger charge is 2.40. The second-order valence-corrected chi connectivity index (χ2v) is 16.6. The molecule has 1 aliphatic rings. The zero-order valence-electron chi connectivity index (χ0n) is 35.4. The Morgan fingerprint density at radius 2 is 1.26 bits per heavy atom. The number of amides is 6. The molecule has 1 rings (SSSR count). The van der Waals surface area contributed by atoms with Crippen molar-refractivity contribution in [1.29, 1.82) is 0 Å². The molecule has 326 valence electrons. The number of nitrogens with one attached hydrogen (secondary N) is 5. The Morgan fingerprint density at radius 1 is 0.702 bits per heavy atom. The topological polar surface area (TPSA) is 296 Å². The number of aliphatic carboxylic acids is 2. The first-order valence-electron chi connectivity index (χ1n) is 20.5. The van der Waals surface area contributed by atoms with Crippen LogP contribution in [0.5, 0.6) is 0 Å². The van der Waals surface area contributed by atoms with Crippen molar-refractivity contribution in [2.45, 2.75) is 162 Å². The average molecular weight is 813 g/mol. The van der Waals surface area contributed by atoms with Crippen LogP contribution < -0.4 is 38.1 Å². The van der Waals surface area contributed by atoms with Gasteiger partial charge in [-0.1, -0.05) is 61.8 Å². The minimum absolute atomic E-state index is 0.00445. The summed E-state index contributed by atoms with van der Waals surface area (Å²) in [6, 6.07) is -7.23. The van der Waals surface area contributed by atoms with Gasteiger partial charge in [0.05, 0.1) is 13.0 Å². The lowest BCUT2D eigenvalue weighted by molar-refractivity contribution is -0.405. The van der Waals surface area contributed by atoms with Crippen molar-refractivity contribution < 1.29 is 60.0 Å². The summed E-state index contributed by atoms with van der Waals surface area (Å²) in [5.41, 5.74) is 7.57. The predicted octanol–water partition coefficient (Wildman–Crippen LogP) is -0.832. The molecule has 6 amide bonds. The summed E-state index contributed by atoms with van der Waals surface area (Å²) in [4.78, 5) is 106. The number of carbonyl (C=O) groups is 8. The molecule has 0 aromatic rings. The molecule has 0 unspecified atom stereocenters. The molecule has 0 spiro atoms. The van der Waals surface area contributed by atoms with E-state index < -0.39 is 95.6 Å². The lowest BCUT2D eigenvalue weighted by Gasteiger charge is -2.31. The number of carboxylic acid groups (broad SMARTS) is 2. The third-order valence-corrected chi connectivity index (χ3v) is 10.2. The standard InChI is InChI=1S/C39H70N8O10/c1-9-24(8)32(39(56)57)46-34(51)26(13-10-11-17-40)42-37(54)31(23(6)7)45-35(52)27(19-21(2)3)43-36(53)29-14-12-18-47(29)38(55)28(20-22(4)5)44-33(50)25(41)15-16-30(48)49/h21-29,31-32H,9-20,40-41H2,1-8H3,(H,42,54)(H,43,53)(H,44,50)(H,45,52)(H,46,51)(H,48,49)(H,56,57)/p+2/t24-,25-,26-,27-,28-,29-,31-,32-/m0/s1. The van der Waals surface area contributed by atoms with Crippen LogP contribution in [0.3, 0.4) is 0 Å². The Balaban J connectivity index is 3.23. The van der Waals surface area contributed by atoms with E-state index in [1.807, 2.05) is 34.6 Å². The molecule has 0 saturated carbocycles. The fourth-order valence-electron chi connectivity index (χ4n) is 6.67. The van der Waals surface area contributed by atoms with Crippen molar-refractivity contribution >= 4 is 47.4 Å². The molecule has 1 fully saturated rings. The summed E-state index contributed by atoms with van der Waals surface area (Å²) in [7, 11) is 0. The first kappa shape index (κ1) is 50.7. The fourth-order valence-corrected chi connectivity index (χ4v) is 6.67. The van der Waals surface area contributed by atoms with Crippen LogP contribution in [0.1, 0.15) is 120 Å². The van der Waals surface area contributed by atoms with Gasteiger partial charge in [0.15, 0.2) is 6.04 Å². The van der Waals surface area contributed by atoms with Crippen molar-refractivity contribution in [3.63, 3.8) is 0 Å². The van der Waals surface area contributed by atoms with E-state index in [0.29, 0.717) is 38.6 Å². The van der Waals surface area contributed by atoms with Crippen LogP contribution in [0.4, 0.5) is 0 Å². The summed E-state index contributed by atoms with van der Waals surface area (Å²) >= 11 is 0. The van der Waals surface area contributed by atoms with E-state index in [0.717, 1.165) is 0 Å². The normalized spacial score (nSPS) is 17.8. The number of carboxylic acids is 2. The highest BCUT2D eigenvalue weighted by molar-refractivity contribution is 5.97. The molecule has 1 aliphatic heterocycles. The number of rotatable bonds is 26. The molecule has 1 heterocycles. The monoisotopic (exact) mass is 813 g/mol. The minimum Gasteiger partial charge on any atom is -0.481 e. The Morgan fingerprint density at radius 3 is 1.79 bits per heavy atom. The van der Waals surface area contributed by atoms with Gasteiger partial charge in [0.1, 0.15) is 36.3 Å². The summed E-state index contributed by atoms with van der Waals surface area (Å²) in [6.45, 7) is 15.3. The molecule has 1 saturated heterocycles. The van der Waals surface area contributed by atoms with Crippen LogP contribution in [-0.4, -0.2) is 118 Å². The summed E-state index contributed by atoms with van der Waals surface area (Å²) in [5.74, 6) is -6.63. The molecule has 13 N–H and O–H groups in total. The number of nitrogens with zero attached hydrogens (tertiary/aromatic N) is 1. The van der Waals surface area contributed by atoms with Crippen LogP contribution in [0.25, 0.3) is 0 Å². The second-order valence-electron chi connectivity index (χ2n) is 16.6. The number of unbranched alkanes of at least 4 members (excludes halogenated alkanes) is 1. The molecule has 18 heteroatoms. The van der Waals surface area contributed by atoms with Gasteiger partial charge >= 0.3 is 11.9 Å². The predicted molar refractivity (Wildman–Crippen MR) is 210 cm³/mol. The van der Waals surface area contributed by atoms with Crippen molar-refractivity contribution in [1.82, 2.24) is 31.5 Å². The summed E-state index contributed by atoms with van der Waals surface area (Å²) in [6.07, 6.45) is 3.00. The smallest absolute Gasteiger partial charge is 0.326 e. The van der Waals surface area contributed by atoms with Gasteiger partial charge in [-0.3, -0.25) is 33.6 Å². The van der Waals surface area contributed by atoms with Crippen LogP contribution in [0, 0.1) is 23.7 Å². The van der Waals surface area contributed by atoms with Crippen LogP contribution in [0.2, 0.25) is 0 Å². The molecule has 57 heavy (non-hydrogen) atoms. The summed E-state index contributed by atoms with van der Waals surface area (Å²) in [5, 5.41) is 32.4. The van der Waals surface area contributed by atoms with E-state index in [4.69, 9.17) is 5.11 Å². The van der Waals surface area contributed by atoms with Crippen LogP contribution >= 0.6 is 0 Å². The van der Waals surface area contributed by atoms with Crippen LogP contribution in [0.15, 0.2) is 0 Å². The van der Waals surface area contributed by atoms with Gasteiger partial charge in [-0.05, 0) is 68.6 Å². The van der Waals surface area contributed by atoms with Gasteiger partial charge < -0.3 is 53.2 Å². The van der Waals surface area contributed by atoms with Gasteiger partial charge in [0, 0.05) is 13.0 Å². The third kappa shape index (κ3) is 17.4. The largest absolute Gasteiger partial charge is 0.481 e. The van der Waals surface area contributed by atoms with E-state index >= 15 is 0 Å². The van der Waals surface area contributed by atoms with E-state index in [2.05, 4.69) is 38.1 Å². The molecule has 8 atom stereocenters. The van der Waals surface area contributed by atoms with Gasteiger partial charge in [0.25, 0.3) is 5.91 Å². The first-order chi connectivity index (χ1) is 26.6. The van der Waals surface area contributed by atoms with Crippen molar-refractivity contribution in [2.75, 3.05) is 13.1 Å². The van der Waals surface area contributed by atoms with Gasteiger partial charge in [-0.2, -0.15) is 0 Å². The molecule has 0 radical (unpaired) electrons. The zero-order valence-corrected chi connectivity index (χ0v) is 35.4. The molecule has 0 aromatic carbocycles. The fraction of sp³-hybridized carbons (Fsp3) is 0.795. The Bertz CT molecular complexity index is 1380. The lowest BCUT2D eigenvalue weighted by atomic mass is 9.97. The SMILES string of the molecule is CC[C@H](C)[C@H](NC(=O)[C@H](CCCC[NH3+])NC(=O)[C@@H](NC(=O)[C@H](CC(C)C)NC(=O)[C@@H]1CCCN1C(=O)[C@H](CC(C)C)NC(=O)[C@@H]([NH3+])CCC(=O)O)C(C)C)C(=O)O. The average Bonchev–Trinajstić information content (AvgIpc) is 3.62. The Kier molecular flexibility index (Phi) is 22.4. The van der Waals surface area contributed by atoms with Crippen molar-refractivity contribution in [3.05, 3.63) is 0 Å². The molecule has 0 aliphatic carbocycles. The molecule has 18 nitrogen and oxygen atoms in total. The third-order valence-electron chi connectivity index (χ3n) is 10.2. The van der Waals surface area contributed by atoms with E-state index in [9.17, 15) is 43.5 Å². The molecular weight excluding hydrogens is 740 g/mol. The van der Waals surface area contributed by atoms with E-state index in [1.54, 1.807) is 20.8 Å². The number of carbonyl (C=O) groups excluding carboxylic acids is 6. The maximum atomic E-state index is 13.9. The number of quaternary nitrogens is 2. The quantitative estimate of drug-likeness (QED) is 0.0489. The number of likely N-dealkylation sites (tertiary alicyclic amines) is 1. The van der Waals surface area contributed by atoms with Crippen molar-refractivity contribution in [3.8, 4) is 0 Å². The second kappa shape index (κ2) is 25.1. The number of hydrogen-bond acceptors (Lipinski definition) is 8. The molecular formula is C39H72N8O10+2. The Labute approximate surface area is 337 Å². The summed E-state index contributed by atoms with van der Waals surface area (Å²) < 4.78 is 0. The van der Waals surface area contributed by atoms with Gasteiger partial charge in [-0.25, -0.2) is 4.79 Å². The maximum absolute atomic E-state index is 13.9. The Hall–Kier alpha value is -4.32. The maximum Gasteiger partial charge on any atom is 0.326 e. The van der Waals surface area contributed by atoms with Gasteiger partial charge in [0.2, 0.25) is 29.5 Å². The lowest BCUT2D eigenvalue weighted by Crippen LogP contribution is -2.69. The van der Waals surface area contributed by atoms with E-state index in [-0.39, 0.29) is 56.4 Å².